The number of sulfone groups is 1. The molecule has 1 aromatic carbocycles. The van der Waals surface area contributed by atoms with Gasteiger partial charge in [-0.2, -0.15) is 0 Å². The minimum atomic E-state index is -4.02. The van der Waals surface area contributed by atoms with Gasteiger partial charge in [0.05, 0.1) is 17.0 Å². The van der Waals surface area contributed by atoms with Crippen LogP contribution in [0.4, 0.5) is 0 Å². The van der Waals surface area contributed by atoms with Crippen LogP contribution in [-0.2, 0) is 24.2 Å². The molecular weight excluding hydrogens is 328 g/mol. The van der Waals surface area contributed by atoms with Crippen molar-refractivity contribution in [1.29, 1.82) is 0 Å². The number of rotatable bonds is 4. The highest BCUT2D eigenvalue weighted by Crippen LogP contribution is 2.34. The third-order valence-electron chi connectivity index (χ3n) is 3.86. The van der Waals surface area contributed by atoms with Gasteiger partial charge in [-0.25, -0.2) is 8.42 Å². The monoisotopic (exact) mass is 344 g/mol. The fourth-order valence-electron chi connectivity index (χ4n) is 2.82. The van der Waals surface area contributed by atoms with Crippen LogP contribution in [0.2, 0.25) is 5.02 Å². The van der Waals surface area contributed by atoms with Gasteiger partial charge in [0, 0.05) is 12.8 Å². The summed E-state index contributed by atoms with van der Waals surface area (Å²) in [7, 11) is -2.88. The molecule has 2 unspecified atom stereocenters. The summed E-state index contributed by atoms with van der Waals surface area (Å²) in [5, 5.41) is -1.35. The average molecular weight is 345 g/mol. The Labute approximate surface area is 134 Å². The Balaban J connectivity index is 2.47. The normalized spacial score (nSPS) is 20.5. The first-order valence-electron chi connectivity index (χ1n) is 6.96. The summed E-state index contributed by atoms with van der Waals surface area (Å²) in [4.78, 5) is 23.6. The van der Waals surface area contributed by atoms with Crippen LogP contribution < -0.4 is 0 Å². The first-order chi connectivity index (χ1) is 10.4. The molecule has 2 rings (SSSR count). The summed E-state index contributed by atoms with van der Waals surface area (Å²) in [6.07, 6.45) is 1.57. The lowest BCUT2D eigenvalue weighted by Crippen LogP contribution is -2.40. The molecule has 0 radical (unpaired) electrons. The van der Waals surface area contributed by atoms with Gasteiger partial charge in [0.2, 0.25) is 0 Å². The molecule has 1 aromatic rings. The van der Waals surface area contributed by atoms with Crippen molar-refractivity contribution in [3.8, 4) is 0 Å². The molecule has 1 saturated carbocycles. The first kappa shape index (κ1) is 17.0. The molecule has 0 N–H and O–H groups in total. The lowest BCUT2D eigenvalue weighted by Gasteiger charge is -2.27. The van der Waals surface area contributed by atoms with Gasteiger partial charge in [0.15, 0.2) is 15.1 Å². The quantitative estimate of drug-likeness (QED) is 0.784. The number of hydrogen-bond donors (Lipinski definition) is 0. The second kappa shape index (κ2) is 6.79. The summed E-state index contributed by atoms with van der Waals surface area (Å²) < 4.78 is 30.4. The maximum absolute atomic E-state index is 12.9. The number of carbonyl (C=O) groups excluding carboxylic acids is 2. The molecule has 5 nitrogen and oxygen atoms in total. The van der Waals surface area contributed by atoms with E-state index in [1.807, 2.05) is 0 Å². The van der Waals surface area contributed by atoms with Crippen LogP contribution in [0.25, 0.3) is 0 Å². The second-order valence-corrected chi connectivity index (χ2v) is 7.76. The molecule has 1 aliphatic carbocycles. The van der Waals surface area contributed by atoms with Crippen molar-refractivity contribution < 1.29 is 22.7 Å². The van der Waals surface area contributed by atoms with E-state index < -0.39 is 27.0 Å². The number of benzene rings is 1. The van der Waals surface area contributed by atoms with Crippen molar-refractivity contribution in [1.82, 2.24) is 0 Å². The highest BCUT2D eigenvalue weighted by molar-refractivity contribution is 7.93. The third-order valence-corrected chi connectivity index (χ3v) is 6.52. The summed E-state index contributed by atoms with van der Waals surface area (Å²) in [5.74, 6) is -1.45. The third kappa shape index (κ3) is 3.33. The van der Waals surface area contributed by atoms with Gasteiger partial charge in [-0.05, 0) is 30.9 Å². The molecule has 2 atom stereocenters. The van der Waals surface area contributed by atoms with Crippen LogP contribution in [0.1, 0.15) is 25.7 Å². The van der Waals surface area contributed by atoms with Crippen LogP contribution in [0.15, 0.2) is 29.2 Å². The fourth-order valence-corrected chi connectivity index (χ4v) is 5.25. The molecule has 0 spiro atoms. The average Bonchev–Trinajstić information content (AvgIpc) is 2.47. The molecule has 1 fully saturated rings. The topological polar surface area (TPSA) is 77.5 Å². The van der Waals surface area contributed by atoms with E-state index in [0.29, 0.717) is 19.3 Å². The van der Waals surface area contributed by atoms with E-state index in [1.165, 1.54) is 12.1 Å². The molecule has 0 aliphatic heterocycles. The molecular formula is C15H17ClO5S. The van der Waals surface area contributed by atoms with Gasteiger partial charge < -0.3 is 4.74 Å². The molecule has 22 heavy (non-hydrogen) atoms. The highest BCUT2D eigenvalue weighted by Gasteiger charge is 2.43. The number of esters is 1. The van der Waals surface area contributed by atoms with Crippen LogP contribution in [0.3, 0.4) is 0 Å². The summed E-state index contributed by atoms with van der Waals surface area (Å²) in [5.41, 5.74) is 0. The zero-order valence-electron chi connectivity index (χ0n) is 12.1. The molecule has 0 heterocycles. The summed E-state index contributed by atoms with van der Waals surface area (Å²) in [6.45, 7) is 0. The first-order valence-corrected chi connectivity index (χ1v) is 8.88. The fraction of sp³-hybridized carbons (Fsp3) is 0.467. The molecule has 0 aromatic heterocycles. The van der Waals surface area contributed by atoms with Crippen molar-refractivity contribution in [3.05, 3.63) is 29.3 Å². The van der Waals surface area contributed by atoms with E-state index in [-0.39, 0.29) is 22.1 Å². The molecule has 0 amide bonds. The Morgan fingerprint density at radius 1 is 1.36 bits per heavy atom. The second-order valence-electron chi connectivity index (χ2n) is 5.31. The predicted octanol–water partition coefficient (Wildman–Crippen LogP) is 2.41. The Kier molecular flexibility index (Phi) is 5.24. The maximum Gasteiger partial charge on any atom is 0.324 e. The van der Waals surface area contributed by atoms with Gasteiger partial charge in [-0.1, -0.05) is 23.7 Å². The van der Waals surface area contributed by atoms with Gasteiger partial charge in [0.1, 0.15) is 5.78 Å². The van der Waals surface area contributed by atoms with Crippen molar-refractivity contribution in [2.75, 3.05) is 7.11 Å². The van der Waals surface area contributed by atoms with Crippen molar-refractivity contribution >= 4 is 33.2 Å². The molecule has 1 aliphatic rings. The standard InChI is InChI=1S/C15H17ClO5S/c1-21-15(18)14(10-5-4-6-11(17)9-10)22(19,20)13-8-3-2-7-12(13)16/h2-3,7-8,10,14H,4-6,9H2,1H3. The zero-order valence-corrected chi connectivity index (χ0v) is 13.7. The minimum Gasteiger partial charge on any atom is -0.468 e. The lowest BCUT2D eigenvalue weighted by atomic mass is 9.86. The molecule has 120 valence electrons. The largest absolute Gasteiger partial charge is 0.468 e. The number of ether oxygens (including phenoxy) is 1. The Morgan fingerprint density at radius 2 is 2.05 bits per heavy atom. The Hall–Kier alpha value is -1.40. The highest BCUT2D eigenvalue weighted by atomic mass is 35.5. The minimum absolute atomic E-state index is 0.0282. The van der Waals surface area contributed by atoms with E-state index in [9.17, 15) is 18.0 Å². The van der Waals surface area contributed by atoms with E-state index in [2.05, 4.69) is 4.74 Å². The summed E-state index contributed by atoms with van der Waals surface area (Å²) >= 11 is 5.97. The Morgan fingerprint density at radius 3 is 2.64 bits per heavy atom. The number of hydrogen-bond acceptors (Lipinski definition) is 5. The van der Waals surface area contributed by atoms with E-state index in [4.69, 9.17) is 11.6 Å². The number of carbonyl (C=O) groups is 2. The van der Waals surface area contributed by atoms with Crippen molar-refractivity contribution in [2.45, 2.75) is 35.8 Å². The van der Waals surface area contributed by atoms with Crippen LogP contribution in [0, 0.1) is 5.92 Å². The van der Waals surface area contributed by atoms with Crippen molar-refractivity contribution in [3.63, 3.8) is 0 Å². The smallest absolute Gasteiger partial charge is 0.324 e. The maximum atomic E-state index is 12.9. The molecule has 7 heteroatoms. The van der Waals surface area contributed by atoms with Gasteiger partial charge >= 0.3 is 5.97 Å². The van der Waals surface area contributed by atoms with E-state index in [0.717, 1.165) is 7.11 Å². The van der Waals surface area contributed by atoms with Crippen LogP contribution >= 0.6 is 11.6 Å². The van der Waals surface area contributed by atoms with Crippen LogP contribution in [0.5, 0.6) is 0 Å². The van der Waals surface area contributed by atoms with Gasteiger partial charge in [-0.3, -0.25) is 9.59 Å². The van der Waals surface area contributed by atoms with Gasteiger partial charge in [0.25, 0.3) is 0 Å². The zero-order chi connectivity index (χ0) is 16.3. The van der Waals surface area contributed by atoms with Crippen LogP contribution in [-0.4, -0.2) is 32.5 Å². The SMILES string of the molecule is COC(=O)C(C1CCCC(=O)C1)S(=O)(=O)c1ccccc1Cl. The van der Waals surface area contributed by atoms with Gasteiger partial charge in [-0.15, -0.1) is 0 Å². The van der Waals surface area contributed by atoms with E-state index >= 15 is 0 Å². The van der Waals surface area contributed by atoms with Crippen molar-refractivity contribution in [2.24, 2.45) is 5.92 Å². The predicted molar refractivity (Wildman–Crippen MR) is 81.4 cm³/mol. The molecule has 0 saturated heterocycles. The number of halogens is 1. The van der Waals surface area contributed by atoms with E-state index in [1.54, 1.807) is 12.1 Å². The number of Topliss-reactive ketones (excluding diaryl/α,β-unsaturated/α-hetero) is 1. The Bertz CT molecular complexity index is 683. The lowest BCUT2D eigenvalue weighted by molar-refractivity contribution is -0.141. The molecule has 0 bridgehead atoms. The number of ketones is 1. The summed E-state index contributed by atoms with van der Waals surface area (Å²) in [6, 6.07) is 5.96. The number of methoxy groups -OCH3 is 1.